The number of carbonyl (C=O) groups is 1. The van der Waals surface area contributed by atoms with Gasteiger partial charge in [0.2, 0.25) is 0 Å². The van der Waals surface area contributed by atoms with E-state index in [-0.39, 0.29) is 5.37 Å². The number of carboxylic acid groups (broad SMARTS) is 1. The number of aliphatic carboxylic acids is 1. The summed E-state index contributed by atoms with van der Waals surface area (Å²) in [5.41, 5.74) is 0. The van der Waals surface area contributed by atoms with Gasteiger partial charge in [-0.05, 0) is 11.4 Å². The molecule has 14 heavy (non-hydrogen) atoms. The summed E-state index contributed by atoms with van der Waals surface area (Å²) in [7, 11) is 0. The molecular weight excluding hydrogens is 242 g/mol. The summed E-state index contributed by atoms with van der Waals surface area (Å²) in [6.45, 7) is 0. The van der Waals surface area contributed by atoms with E-state index in [4.69, 9.17) is 16.7 Å². The molecule has 0 bridgehead atoms. The maximum atomic E-state index is 10.7. The number of hydrogen-bond donors (Lipinski definition) is 2. The van der Waals surface area contributed by atoms with Crippen molar-refractivity contribution in [2.45, 2.75) is 11.4 Å². The molecule has 1 aromatic rings. The highest BCUT2D eigenvalue weighted by Crippen LogP contribution is 2.39. The molecule has 2 rings (SSSR count). The molecule has 76 valence electrons. The van der Waals surface area contributed by atoms with E-state index < -0.39 is 12.0 Å². The molecule has 2 heterocycles. The molecule has 0 saturated carbocycles. The minimum absolute atomic E-state index is 0.0311. The van der Waals surface area contributed by atoms with Crippen LogP contribution in [-0.4, -0.2) is 22.9 Å². The molecule has 2 atom stereocenters. The van der Waals surface area contributed by atoms with Gasteiger partial charge < -0.3 is 5.11 Å². The molecule has 0 aromatic carbocycles. The van der Waals surface area contributed by atoms with Crippen LogP contribution in [0.3, 0.4) is 0 Å². The van der Waals surface area contributed by atoms with Crippen LogP contribution in [-0.2, 0) is 4.79 Å². The first kappa shape index (κ1) is 10.3. The maximum absolute atomic E-state index is 10.7. The summed E-state index contributed by atoms with van der Waals surface area (Å²) in [5.74, 6) is -0.207. The summed E-state index contributed by atoms with van der Waals surface area (Å²) >= 11 is 9.09. The van der Waals surface area contributed by atoms with Gasteiger partial charge in [0, 0.05) is 5.75 Å². The van der Waals surface area contributed by atoms with E-state index in [1.807, 2.05) is 11.4 Å². The standard InChI is InChI=1S/C8H8ClNO2S2/c9-4-1-2-13-6(4)7-10-5(3-14-7)8(11)12/h1-2,5,7,10H,3H2,(H,11,12). The first-order valence-electron chi connectivity index (χ1n) is 4.02. The van der Waals surface area contributed by atoms with Crippen molar-refractivity contribution in [2.24, 2.45) is 0 Å². The molecule has 1 aliphatic rings. The van der Waals surface area contributed by atoms with Gasteiger partial charge in [-0.15, -0.1) is 23.1 Å². The van der Waals surface area contributed by atoms with Crippen molar-refractivity contribution in [3.8, 4) is 0 Å². The Bertz CT molecular complexity index is 355. The van der Waals surface area contributed by atoms with E-state index in [0.717, 1.165) is 4.88 Å². The lowest BCUT2D eigenvalue weighted by Crippen LogP contribution is -2.33. The van der Waals surface area contributed by atoms with Crippen molar-refractivity contribution < 1.29 is 9.90 Å². The minimum atomic E-state index is -0.798. The Morgan fingerprint density at radius 2 is 2.50 bits per heavy atom. The molecule has 2 unspecified atom stereocenters. The molecule has 0 amide bonds. The Morgan fingerprint density at radius 3 is 3.00 bits per heavy atom. The number of halogens is 1. The van der Waals surface area contributed by atoms with Crippen molar-refractivity contribution in [1.82, 2.24) is 5.32 Å². The first-order chi connectivity index (χ1) is 6.68. The summed E-state index contributed by atoms with van der Waals surface area (Å²) < 4.78 is 0. The van der Waals surface area contributed by atoms with E-state index in [2.05, 4.69) is 5.32 Å². The number of nitrogens with one attached hydrogen (secondary N) is 1. The van der Waals surface area contributed by atoms with Crippen LogP contribution in [0.4, 0.5) is 0 Å². The van der Waals surface area contributed by atoms with Gasteiger partial charge in [0.15, 0.2) is 0 Å². The number of hydrogen-bond acceptors (Lipinski definition) is 4. The average Bonchev–Trinajstić information content (AvgIpc) is 2.71. The zero-order chi connectivity index (χ0) is 10.1. The van der Waals surface area contributed by atoms with Gasteiger partial charge in [-0.1, -0.05) is 11.6 Å². The van der Waals surface area contributed by atoms with Crippen molar-refractivity contribution in [3.05, 3.63) is 21.3 Å². The zero-order valence-corrected chi connectivity index (χ0v) is 9.46. The van der Waals surface area contributed by atoms with Gasteiger partial charge in [-0.3, -0.25) is 10.1 Å². The van der Waals surface area contributed by atoms with Crippen molar-refractivity contribution >= 4 is 40.7 Å². The monoisotopic (exact) mass is 249 g/mol. The van der Waals surface area contributed by atoms with Crippen molar-refractivity contribution in [3.63, 3.8) is 0 Å². The molecular formula is C8H8ClNO2S2. The molecule has 3 nitrogen and oxygen atoms in total. The van der Waals surface area contributed by atoms with E-state index in [1.165, 1.54) is 0 Å². The molecule has 0 spiro atoms. The molecule has 2 N–H and O–H groups in total. The lowest BCUT2D eigenvalue weighted by atomic mass is 10.3. The second kappa shape index (κ2) is 4.10. The minimum Gasteiger partial charge on any atom is -0.480 e. The van der Waals surface area contributed by atoms with Crippen molar-refractivity contribution in [1.29, 1.82) is 0 Å². The average molecular weight is 250 g/mol. The third-order valence-corrected chi connectivity index (χ3v) is 4.77. The maximum Gasteiger partial charge on any atom is 0.321 e. The molecule has 1 aliphatic heterocycles. The number of carboxylic acids is 1. The molecule has 0 radical (unpaired) electrons. The van der Waals surface area contributed by atoms with Crippen LogP contribution in [0.1, 0.15) is 10.3 Å². The fourth-order valence-corrected chi connectivity index (χ4v) is 3.96. The van der Waals surface area contributed by atoms with Gasteiger partial charge in [-0.2, -0.15) is 0 Å². The molecule has 6 heteroatoms. The highest BCUT2D eigenvalue weighted by Gasteiger charge is 2.31. The fraction of sp³-hybridized carbons (Fsp3) is 0.375. The van der Waals surface area contributed by atoms with Gasteiger partial charge >= 0.3 is 5.97 Å². The van der Waals surface area contributed by atoms with Gasteiger partial charge in [0.05, 0.1) is 15.3 Å². The van der Waals surface area contributed by atoms with Gasteiger partial charge in [0.1, 0.15) is 6.04 Å². The normalized spacial score (nSPS) is 26.6. The number of rotatable bonds is 2. The number of thioether (sulfide) groups is 1. The van der Waals surface area contributed by atoms with Crippen LogP contribution >= 0.6 is 34.7 Å². The Labute approximate surface area is 94.5 Å². The summed E-state index contributed by atoms with van der Waals surface area (Å²) in [6.07, 6.45) is 0. The summed E-state index contributed by atoms with van der Waals surface area (Å²) in [4.78, 5) is 11.7. The smallest absolute Gasteiger partial charge is 0.321 e. The lowest BCUT2D eigenvalue weighted by Gasteiger charge is -2.08. The Balaban J connectivity index is 2.10. The quantitative estimate of drug-likeness (QED) is 0.844. The Kier molecular flexibility index (Phi) is 3.02. The van der Waals surface area contributed by atoms with Crippen LogP contribution in [0, 0.1) is 0 Å². The fourth-order valence-electron chi connectivity index (χ4n) is 1.26. The summed E-state index contributed by atoms with van der Waals surface area (Å²) in [6, 6.07) is 1.38. The third kappa shape index (κ3) is 1.91. The Morgan fingerprint density at radius 1 is 1.71 bits per heavy atom. The molecule has 1 aromatic heterocycles. The van der Waals surface area contributed by atoms with E-state index in [1.54, 1.807) is 23.1 Å². The van der Waals surface area contributed by atoms with E-state index in [9.17, 15) is 4.79 Å². The highest BCUT2D eigenvalue weighted by atomic mass is 35.5. The van der Waals surface area contributed by atoms with Gasteiger partial charge in [-0.25, -0.2) is 0 Å². The Hall–Kier alpha value is -0.230. The topological polar surface area (TPSA) is 49.3 Å². The highest BCUT2D eigenvalue weighted by molar-refractivity contribution is 7.99. The molecule has 1 saturated heterocycles. The molecule has 1 fully saturated rings. The second-order valence-corrected chi connectivity index (χ2v) is 5.40. The second-order valence-electron chi connectivity index (χ2n) is 2.90. The van der Waals surface area contributed by atoms with Gasteiger partial charge in [0.25, 0.3) is 0 Å². The van der Waals surface area contributed by atoms with E-state index in [0.29, 0.717) is 10.8 Å². The van der Waals surface area contributed by atoms with Crippen LogP contribution < -0.4 is 5.32 Å². The largest absolute Gasteiger partial charge is 0.480 e. The predicted molar refractivity (Wildman–Crippen MR) is 59.1 cm³/mol. The molecule has 0 aliphatic carbocycles. The van der Waals surface area contributed by atoms with Crippen LogP contribution in [0.2, 0.25) is 5.02 Å². The first-order valence-corrected chi connectivity index (χ1v) is 6.32. The van der Waals surface area contributed by atoms with Crippen LogP contribution in [0.5, 0.6) is 0 Å². The third-order valence-electron chi connectivity index (χ3n) is 1.96. The van der Waals surface area contributed by atoms with E-state index >= 15 is 0 Å². The zero-order valence-electron chi connectivity index (χ0n) is 7.07. The lowest BCUT2D eigenvalue weighted by molar-refractivity contribution is -0.138. The van der Waals surface area contributed by atoms with Crippen molar-refractivity contribution in [2.75, 3.05) is 5.75 Å². The predicted octanol–water partition coefficient (Wildman–Crippen LogP) is 2.19. The number of thiophene rings is 1. The van der Waals surface area contributed by atoms with Crippen LogP contribution in [0.25, 0.3) is 0 Å². The SMILES string of the molecule is O=C(O)C1CSC(c2sccc2Cl)N1. The summed E-state index contributed by atoms with van der Waals surface area (Å²) in [5, 5.41) is 14.5. The van der Waals surface area contributed by atoms with Crippen LogP contribution in [0.15, 0.2) is 11.4 Å².